The van der Waals surface area contributed by atoms with Crippen molar-refractivity contribution < 1.29 is 0 Å². The molecule has 0 saturated heterocycles. The standard InChI is InChI=1S/C42H28N2O/c1-43-37-22-12-11-21-36(37)39-25-28-23-24-29(26-38(28)44(39)42(43)45)40-32-17-7-9-19-34(32)41(35-20-10-8-18-33(35)40)31-16-6-5-15-30(31)27-13-3-2-4-14-27/h2-26H,1H3. The molecular weight excluding hydrogens is 548 g/mol. The average Bonchev–Trinajstić information content (AvgIpc) is 3.49. The summed E-state index contributed by atoms with van der Waals surface area (Å²) in [6, 6.07) is 53.7. The number of benzene rings is 7. The van der Waals surface area contributed by atoms with Gasteiger partial charge in [0.1, 0.15) is 0 Å². The highest BCUT2D eigenvalue weighted by molar-refractivity contribution is 6.22. The summed E-state index contributed by atoms with van der Waals surface area (Å²) >= 11 is 0. The van der Waals surface area contributed by atoms with Crippen LogP contribution in [-0.4, -0.2) is 8.97 Å². The molecule has 0 amide bonds. The fourth-order valence-electron chi connectivity index (χ4n) is 7.30. The van der Waals surface area contributed by atoms with E-state index >= 15 is 0 Å². The largest absolute Gasteiger partial charge is 0.333 e. The Balaban J connectivity index is 1.38. The van der Waals surface area contributed by atoms with Crippen LogP contribution in [0.2, 0.25) is 0 Å². The van der Waals surface area contributed by atoms with E-state index in [4.69, 9.17) is 0 Å². The second-order valence-corrected chi connectivity index (χ2v) is 11.8. The van der Waals surface area contributed by atoms with Crippen LogP contribution in [0, 0.1) is 0 Å². The third-order valence-electron chi connectivity index (χ3n) is 9.33. The molecule has 0 aliphatic rings. The van der Waals surface area contributed by atoms with E-state index in [1.807, 2.05) is 29.6 Å². The zero-order valence-electron chi connectivity index (χ0n) is 24.7. The van der Waals surface area contributed by atoms with E-state index in [1.54, 1.807) is 4.57 Å². The summed E-state index contributed by atoms with van der Waals surface area (Å²) in [5.74, 6) is 0. The summed E-state index contributed by atoms with van der Waals surface area (Å²) in [5.41, 5.74) is 9.87. The first-order valence-electron chi connectivity index (χ1n) is 15.3. The number of rotatable bonds is 3. The number of nitrogens with zero attached hydrogens (tertiary/aromatic N) is 2. The van der Waals surface area contributed by atoms with Crippen molar-refractivity contribution in [1.29, 1.82) is 0 Å². The molecule has 3 heteroatoms. The van der Waals surface area contributed by atoms with Gasteiger partial charge in [-0.05, 0) is 73.1 Å². The van der Waals surface area contributed by atoms with Crippen LogP contribution in [-0.2, 0) is 7.05 Å². The van der Waals surface area contributed by atoms with Crippen molar-refractivity contribution in [3.63, 3.8) is 0 Å². The maximum atomic E-state index is 13.8. The Morgan fingerprint density at radius 3 is 1.67 bits per heavy atom. The first-order chi connectivity index (χ1) is 22.2. The highest BCUT2D eigenvalue weighted by Crippen LogP contribution is 2.46. The maximum absolute atomic E-state index is 13.8. The lowest BCUT2D eigenvalue weighted by atomic mass is 9.84. The van der Waals surface area contributed by atoms with Gasteiger partial charge in [-0.15, -0.1) is 0 Å². The zero-order chi connectivity index (χ0) is 30.1. The Kier molecular flexibility index (Phi) is 5.56. The summed E-state index contributed by atoms with van der Waals surface area (Å²) in [6.45, 7) is 0. The van der Waals surface area contributed by atoms with E-state index in [1.165, 1.54) is 49.4 Å². The van der Waals surface area contributed by atoms with Gasteiger partial charge in [-0.1, -0.05) is 133 Å². The Labute approximate surface area is 259 Å². The Bertz CT molecular complexity index is 2620. The summed E-state index contributed by atoms with van der Waals surface area (Å²) < 4.78 is 3.62. The molecule has 0 bridgehead atoms. The molecule has 9 aromatic rings. The minimum Gasteiger partial charge on any atom is -0.296 e. The highest BCUT2D eigenvalue weighted by Gasteiger charge is 2.20. The molecule has 0 fully saturated rings. The quantitative estimate of drug-likeness (QED) is 0.192. The molecule has 2 heterocycles. The average molecular weight is 577 g/mol. The van der Waals surface area contributed by atoms with Gasteiger partial charge in [0.15, 0.2) is 0 Å². The van der Waals surface area contributed by atoms with Crippen LogP contribution >= 0.6 is 0 Å². The number of hydrogen-bond donors (Lipinski definition) is 0. The van der Waals surface area contributed by atoms with Crippen molar-refractivity contribution in [3.05, 3.63) is 162 Å². The lowest BCUT2D eigenvalue weighted by molar-refractivity contribution is 0.838. The molecule has 0 atom stereocenters. The Morgan fingerprint density at radius 2 is 0.978 bits per heavy atom. The van der Waals surface area contributed by atoms with Gasteiger partial charge in [0.25, 0.3) is 0 Å². The van der Waals surface area contributed by atoms with Crippen molar-refractivity contribution in [2.75, 3.05) is 0 Å². The van der Waals surface area contributed by atoms with Gasteiger partial charge in [0.2, 0.25) is 0 Å². The topological polar surface area (TPSA) is 26.4 Å². The number of hydrogen-bond acceptors (Lipinski definition) is 1. The maximum Gasteiger partial charge on any atom is 0.333 e. The summed E-state index contributed by atoms with van der Waals surface area (Å²) in [6.07, 6.45) is 0. The second kappa shape index (κ2) is 9.80. The van der Waals surface area contributed by atoms with Crippen LogP contribution in [0.25, 0.3) is 82.2 Å². The Hall–Kier alpha value is -5.93. The van der Waals surface area contributed by atoms with Crippen LogP contribution in [0.15, 0.2) is 156 Å². The van der Waals surface area contributed by atoms with Crippen molar-refractivity contribution in [1.82, 2.24) is 8.97 Å². The third-order valence-corrected chi connectivity index (χ3v) is 9.33. The van der Waals surface area contributed by atoms with E-state index in [-0.39, 0.29) is 5.69 Å². The van der Waals surface area contributed by atoms with E-state index in [2.05, 4.69) is 133 Å². The lowest BCUT2D eigenvalue weighted by Crippen LogP contribution is -2.24. The zero-order valence-corrected chi connectivity index (χ0v) is 24.7. The van der Waals surface area contributed by atoms with Crippen LogP contribution in [0.4, 0.5) is 0 Å². The minimum atomic E-state index is -0.0431. The van der Waals surface area contributed by atoms with Crippen molar-refractivity contribution in [2.24, 2.45) is 7.05 Å². The second-order valence-electron chi connectivity index (χ2n) is 11.8. The number of aromatic nitrogens is 2. The van der Waals surface area contributed by atoms with Gasteiger partial charge in [0, 0.05) is 17.8 Å². The van der Waals surface area contributed by atoms with Crippen LogP contribution in [0.1, 0.15) is 0 Å². The number of fused-ring (bicyclic) bond motifs is 7. The fourth-order valence-corrected chi connectivity index (χ4v) is 7.30. The number of para-hydroxylation sites is 1. The van der Waals surface area contributed by atoms with E-state index in [0.717, 1.165) is 32.9 Å². The van der Waals surface area contributed by atoms with Gasteiger partial charge < -0.3 is 0 Å². The van der Waals surface area contributed by atoms with Crippen LogP contribution in [0.3, 0.4) is 0 Å². The van der Waals surface area contributed by atoms with Crippen LogP contribution < -0.4 is 5.69 Å². The van der Waals surface area contributed by atoms with Gasteiger partial charge in [0.05, 0.1) is 16.6 Å². The predicted octanol–water partition coefficient (Wildman–Crippen LogP) is 10.3. The fraction of sp³-hybridized carbons (Fsp3) is 0.0238. The first kappa shape index (κ1) is 25.6. The molecule has 45 heavy (non-hydrogen) atoms. The van der Waals surface area contributed by atoms with Gasteiger partial charge in [-0.2, -0.15) is 0 Å². The smallest absolute Gasteiger partial charge is 0.296 e. The van der Waals surface area contributed by atoms with Gasteiger partial charge in [-0.3, -0.25) is 8.97 Å². The number of aryl methyl sites for hydroxylation is 1. The normalized spacial score (nSPS) is 11.8. The molecule has 3 nitrogen and oxygen atoms in total. The molecule has 0 radical (unpaired) electrons. The van der Waals surface area contributed by atoms with Crippen molar-refractivity contribution >= 4 is 48.9 Å². The van der Waals surface area contributed by atoms with E-state index in [9.17, 15) is 4.79 Å². The van der Waals surface area contributed by atoms with Crippen molar-refractivity contribution in [2.45, 2.75) is 0 Å². The molecule has 212 valence electrons. The molecule has 9 rings (SSSR count). The molecule has 0 spiro atoms. The minimum absolute atomic E-state index is 0.0431. The van der Waals surface area contributed by atoms with Gasteiger partial charge >= 0.3 is 5.69 Å². The monoisotopic (exact) mass is 576 g/mol. The lowest BCUT2D eigenvalue weighted by Gasteiger charge is -2.19. The molecule has 0 aliphatic heterocycles. The van der Waals surface area contributed by atoms with Crippen molar-refractivity contribution in [3.8, 4) is 33.4 Å². The summed E-state index contributed by atoms with van der Waals surface area (Å²) in [4.78, 5) is 13.8. The van der Waals surface area contributed by atoms with Gasteiger partial charge in [-0.25, -0.2) is 4.79 Å². The SMILES string of the molecule is Cn1c(=O)n2c3cc(-c4c5ccccc5c(-c5ccccc5-c5ccccc5)c5ccccc45)ccc3cc2c2ccccc21. The molecule has 0 aliphatic carbocycles. The molecule has 0 saturated carbocycles. The third kappa shape index (κ3) is 3.74. The molecule has 0 unspecified atom stereocenters. The van der Waals surface area contributed by atoms with E-state index in [0.29, 0.717) is 0 Å². The Morgan fingerprint density at radius 1 is 0.422 bits per heavy atom. The predicted molar refractivity (Wildman–Crippen MR) is 189 cm³/mol. The molecular formula is C42H28N2O. The molecule has 2 aromatic heterocycles. The highest BCUT2D eigenvalue weighted by atomic mass is 16.1. The molecule has 7 aromatic carbocycles. The summed E-state index contributed by atoms with van der Waals surface area (Å²) in [7, 11) is 1.85. The van der Waals surface area contributed by atoms with Crippen LogP contribution in [0.5, 0.6) is 0 Å². The van der Waals surface area contributed by atoms with E-state index < -0.39 is 0 Å². The first-order valence-corrected chi connectivity index (χ1v) is 15.3. The molecule has 0 N–H and O–H groups in total. The summed E-state index contributed by atoms with van der Waals surface area (Å²) in [5, 5.41) is 6.90.